The lowest BCUT2D eigenvalue weighted by Crippen LogP contribution is -1.96. The quantitative estimate of drug-likeness (QED) is 0.576. The van der Waals surface area contributed by atoms with Crippen LogP contribution in [-0.4, -0.2) is 20.9 Å². The Morgan fingerprint density at radius 1 is 0.864 bits per heavy atom. The molecule has 0 aliphatic rings. The molecule has 0 atom stereocenters. The average Bonchev–Trinajstić information content (AvgIpc) is 2.89. The maximum Gasteiger partial charge on any atom is 0.219 e. The van der Waals surface area contributed by atoms with E-state index in [9.17, 15) is 0 Å². The summed E-state index contributed by atoms with van der Waals surface area (Å²) in [4.78, 5) is 7.94. The maximum absolute atomic E-state index is 5.49. The van der Waals surface area contributed by atoms with E-state index in [4.69, 9.17) is 5.73 Å². The summed E-state index contributed by atoms with van der Waals surface area (Å²) < 4.78 is 1.93. The summed E-state index contributed by atoms with van der Waals surface area (Å²) in [6, 6.07) is 16.4. The number of nitrogen functional groups attached to an aromatic ring is 1. The summed E-state index contributed by atoms with van der Waals surface area (Å²) in [7, 11) is 0. The van der Waals surface area contributed by atoms with Crippen LogP contribution in [0.4, 0.5) is 5.95 Å². The highest BCUT2D eigenvalue weighted by Crippen LogP contribution is 2.28. The third-order valence-electron chi connectivity index (χ3n) is 3.57. The van der Waals surface area contributed by atoms with Crippen LogP contribution in [-0.2, 0) is 0 Å². The van der Waals surface area contributed by atoms with Crippen molar-refractivity contribution in [3.8, 4) is 0 Å². The molecule has 5 nitrogen and oxygen atoms in total. The summed E-state index contributed by atoms with van der Waals surface area (Å²) in [5, 5.41) is 6.96. The second-order valence-corrected chi connectivity index (χ2v) is 4.97. The highest BCUT2D eigenvalue weighted by Gasteiger charge is 2.08. The molecule has 0 unspecified atom stereocenters. The minimum atomic E-state index is 0.258. The Morgan fingerprint density at radius 3 is 2.00 bits per heavy atom. The molecule has 22 heavy (non-hydrogen) atoms. The summed E-state index contributed by atoms with van der Waals surface area (Å²) in [5.41, 5.74) is 8.43. The smallest absolute Gasteiger partial charge is 0.219 e. The van der Waals surface area contributed by atoms with Gasteiger partial charge in [-0.05, 0) is 12.1 Å². The van der Waals surface area contributed by atoms with Gasteiger partial charge in [-0.1, -0.05) is 36.4 Å². The second-order valence-electron chi connectivity index (χ2n) is 4.97. The number of nitrogens with two attached hydrogens (primary N) is 1. The Morgan fingerprint density at radius 2 is 1.41 bits per heavy atom. The number of para-hydroxylation sites is 2. The molecule has 2 N–H and O–H groups in total. The van der Waals surface area contributed by atoms with Gasteiger partial charge in [0.25, 0.3) is 0 Å². The zero-order valence-electron chi connectivity index (χ0n) is 11.7. The molecule has 2 aromatic heterocycles. The molecular formula is C17H13N5. The van der Waals surface area contributed by atoms with Gasteiger partial charge in [-0.15, -0.1) is 0 Å². The molecule has 0 radical (unpaired) electrons. The fourth-order valence-electron chi connectivity index (χ4n) is 2.57. The zero-order valence-corrected chi connectivity index (χ0v) is 11.7. The third-order valence-corrected chi connectivity index (χ3v) is 3.57. The van der Waals surface area contributed by atoms with Gasteiger partial charge in [0.2, 0.25) is 5.95 Å². The van der Waals surface area contributed by atoms with Gasteiger partial charge in [-0.3, -0.25) is 0 Å². The Hall–Kier alpha value is -3.21. The van der Waals surface area contributed by atoms with E-state index in [1.165, 1.54) is 10.8 Å². The lowest BCUT2D eigenvalue weighted by atomic mass is 10.2. The Balaban J connectivity index is 1.91. The molecule has 5 heteroatoms. The van der Waals surface area contributed by atoms with Gasteiger partial charge >= 0.3 is 0 Å². The van der Waals surface area contributed by atoms with Crippen LogP contribution in [0.3, 0.4) is 0 Å². The number of nitrogens with zero attached hydrogens (tertiary/aromatic N) is 4. The van der Waals surface area contributed by atoms with Crippen LogP contribution in [0.1, 0.15) is 5.56 Å². The lowest BCUT2D eigenvalue weighted by molar-refractivity contribution is 0.974. The molecule has 0 aliphatic carbocycles. The number of rotatable bonds is 2. The van der Waals surface area contributed by atoms with E-state index in [-0.39, 0.29) is 5.95 Å². The van der Waals surface area contributed by atoms with Gasteiger partial charge in [0, 0.05) is 28.7 Å². The van der Waals surface area contributed by atoms with E-state index in [1.54, 1.807) is 18.6 Å². The predicted molar refractivity (Wildman–Crippen MR) is 88.9 cm³/mol. The molecular weight excluding hydrogens is 274 g/mol. The second kappa shape index (κ2) is 4.96. The molecule has 2 heterocycles. The Labute approximate surface area is 126 Å². The van der Waals surface area contributed by atoms with Gasteiger partial charge in [-0.25, -0.2) is 14.6 Å². The van der Waals surface area contributed by atoms with Gasteiger partial charge < -0.3 is 5.73 Å². The molecule has 0 saturated carbocycles. The fraction of sp³-hybridized carbons (Fsp3) is 0. The Kier molecular flexibility index (Phi) is 2.83. The standard InChI is InChI=1S/C17H13N5/c18-17-19-9-12(10-20-17)11-21-22-15-7-3-1-5-13(15)14-6-2-4-8-16(14)22/h1-11H,(H2,18,19,20). The molecule has 0 amide bonds. The lowest BCUT2D eigenvalue weighted by Gasteiger charge is -1.99. The van der Waals surface area contributed by atoms with E-state index >= 15 is 0 Å². The molecule has 0 bridgehead atoms. The van der Waals surface area contributed by atoms with Crippen LogP contribution in [0.15, 0.2) is 66.0 Å². The van der Waals surface area contributed by atoms with Crippen molar-refractivity contribution in [3.05, 3.63) is 66.5 Å². The third kappa shape index (κ3) is 2.00. The van der Waals surface area contributed by atoms with Crippen molar-refractivity contribution in [2.45, 2.75) is 0 Å². The van der Waals surface area contributed by atoms with Crippen molar-refractivity contribution in [1.29, 1.82) is 0 Å². The normalized spacial score (nSPS) is 11.6. The minimum absolute atomic E-state index is 0.258. The molecule has 2 aromatic carbocycles. The highest BCUT2D eigenvalue weighted by atomic mass is 15.3. The SMILES string of the molecule is Nc1ncc(C=Nn2c3ccccc3c3ccccc32)cn1. The number of aromatic nitrogens is 3. The topological polar surface area (TPSA) is 69.1 Å². The van der Waals surface area contributed by atoms with Crippen LogP contribution in [0.25, 0.3) is 21.8 Å². The first-order valence-corrected chi connectivity index (χ1v) is 6.93. The first kappa shape index (κ1) is 12.5. The molecule has 0 aliphatic heterocycles. The van der Waals surface area contributed by atoms with Crippen molar-refractivity contribution in [1.82, 2.24) is 14.6 Å². The van der Waals surface area contributed by atoms with E-state index in [1.807, 2.05) is 28.9 Å². The number of hydrogen-bond acceptors (Lipinski definition) is 4. The molecule has 4 aromatic rings. The van der Waals surface area contributed by atoms with E-state index in [2.05, 4.69) is 39.3 Å². The summed E-state index contributed by atoms with van der Waals surface area (Å²) >= 11 is 0. The summed E-state index contributed by atoms with van der Waals surface area (Å²) in [6.07, 6.45) is 5.04. The number of benzene rings is 2. The van der Waals surface area contributed by atoms with Gasteiger partial charge in [0.05, 0.1) is 17.2 Å². The zero-order chi connectivity index (χ0) is 14.9. The number of hydrogen-bond donors (Lipinski definition) is 1. The average molecular weight is 287 g/mol. The summed E-state index contributed by atoms with van der Waals surface area (Å²) in [5.74, 6) is 0.258. The first-order valence-electron chi connectivity index (χ1n) is 6.93. The van der Waals surface area contributed by atoms with Crippen LogP contribution in [0.2, 0.25) is 0 Å². The summed E-state index contributed by atoms with van der Waals surface area (Å²) in [6.45, 7) is 0. The molecule has 0 spiro atoms. The van der Waals surface area contributed by atoms with Crippen molar-refractivity contribution in [2.75, 3.05) is 5.73 Å². The van der Waals surface area contributed by atoms with Gasteiger partial charge in [0.15, 0.2) is 0 Å². The van der Waals surface area contributed by atoms with Crippen molar-refractivity contribution in [3.63, 3.8) is 0 Å². The van der Waals surface area contributed by atoms with Crippen LogP contribution in [0.5, 0.6) is 0 Å². The van der Waals surface area contributed by atoms with Crippen molar-refractivity contribution >= 4 is 34.0 Å². The molecule has 0 fully saturated rings. The van der Waals surface area contributed by atoms with E-state index in [0.717, 1.165) is 16.6 Å². The van der Waals surface area contributed by atoms with Crippen LogP contribution in [0, 0.1) is 0 Å². The number of fused-ring (bicyclic) bond motifs is 3. The number of anilines is 1. The highest BCUT2D eigenvalue weighted by molar-refractivity contribution is 6.08. The van der Waals surface area contributed by atoms with Gasteiger partial charge in [0.1, 0.15) is 0 Å². The fourth-order valence-corrected chi connectivity index (χ4v) is 2.57. The first-order chi connectivity index (χ1) is 10.8. The predicted octanol–water partition coefficient (Wildman–Crippen LogP) is 3.05. The largest absolute Gasteiger partial charge is 0.368 e. The van der Waals surface area contributed by atoms with Crippen molar-refractivity contribution < 1.29 is 0 Å². The van der Waals surface area contributed by atoms with Gasteiger partial charge in [-0.2, -0.15) is 5.10 Å². The monoisotopic (exact) mass is 287 g/mol. The molecule has 4 rings (SSSR count). The molecule has 106 valence electrons. The van der Waals surface area contributed by atoms with Crippen molar-refractivity contribution in [2.24, 2.45) is 5.10 Å². The minimum Gasteiger partial charge on any atom is -0.368 e. The van der Waals surface area contributed by atoms with Crippen LogP contribution < -0.4 is 5.73 Å². The van der Waals surface area contributed by atoms with Crippen LogP contribution >= 0.6 is 0 Å². The molecule has 0 saturated heterocycles. The Bertz CT molecular complexity index is 930. The maximum atomic E-state index is 5.49. The van der Waals surface area contributed by atoms with E-state index < -0.39 is 0 Å². The van der Waals surface area contributed by atoms with E-state index in [0.29, 0.717) is 0 Å².